The van der Waals surface area contributed by atoms with E-state index in [2.05, 4.69) is 12.2 Å². The number of thiophene rings is 1. The zero-order valence-electron chi connectivity index (χ0n) is 13.6. The van der Waals surface area contributed by atoms with Crippen LogP contribution < -0.4 is 5.32 Å². The number of aromatic carboxylic acids is 1. The minimum Gasteiger partial charge on any atom is -0.507 e. The van der Waals surface area contributed by atoms with Gasteiger partial charge in [-0.05, 0) is 41.6 Å². The molecule has 0 aliphatic heterocycles. The largest absolute Gasteiger partial charge is 0.507 e. The molecule has 0 aliphatic rings. The van der Waals surface area contributed by atoms with Gasteiger partial charge in [-0.15, -0.1) is 11.3 Å². The van der Waals surface area contributed by atoms with Gasteiger partial charge >= 0.3 is 5.97 Å². The molecule has 25 heavy (non-hydrogen) atoms. The van der Waals surface area contributed by atoms with Gasteiger partial charge in [-0.3, -0.25) is 4.79 Å². The molecule has 0 saturated heterocycles. The lowest BCUT2D eigenvalue weighted by Gasteiger charge is -2.08. The van der Waals surface area contributed by atoms with E-state index in [1.165, 1.54) is 29.5 Å². The third kappa shape index (κ3) is 3.34. The molecule has 0 atom stereocenters. The van der Waals surface area contributed by atoms with Gasteiger partial charge in [0, 0.05) is 10.4 Å². The number of carboxylic acids is 1. The van der Waals surface area contributed by atoms with Crippen molar-refractivity contribution in [2.45, 2.75) is 19.8 Å². The number of carbonyl (C=O) groups is 2. The molecule has 5 nitrogen and oxygen atoms in total. The number of nitrogens with one attached hydrogen (secondary N) is 1. The first-order valence-electron chi connectivity index (χ1n) is 7.89. The van der Waals surface area contributed by atoms with Crippen molar-refractivity contribution in [2.24, 2.45) is 0 Å². The van der Waals surface area contributed by atoms with Crippen LogP contribution in [0.25, 0.3) is 10.1 Å². The van der Waals surface area contributed by atoms with Crippen molar-refractivity contribution in [2.75, 3.05) is 5.32 Å². The van der Waals surface area contributed by atoms with E-state index < -0.39 is 5.97 Å². The number of fused-ring (bicyclic) bond motifs is 1. The smallest absolute Gasteiger partial charge is 0.339 e. The molecule has 0 radical (unpaired) electrons. The number of carbonyl (C=O) groups excluding carboxylic acids is 1. The summed E-state index contributed by atoms with van der Waals surface area (Å²) >= 11 is 1.43. The predicted octanol–water partition coefficient (Wildman–Crippen LogP) is 4.51. The molecule has 0 unspecified atom stereocenters. The maximum atomic E-state index is 12.7. The van der Waals surface area contributed by atoms with E-state index in [1.54, 1.807) is 0 Å². The molecule has 3 aromatic rings. The second-order valence-electron chi connectivity index (χ2n) is 5.65. The Morgan fingerprint density at radius 3 is 2.64 bits per heavy atom. The predicted molar refractivity (Wildman–Crippen MR) is 98.8 cm³/mol. The number of aromatic hydroxyl groups is 1. The summed E-state index contributed by atoms with van der Waals surface area (Å²) in [6.07, 6.45) is 1.71. The SMILES string of the molecule is CCCc1c(C(=O)Nc2ccc(O)c(C(=O)O)c2)sc2ccccc12. The zero-order chi connectivity index (χ0) is 18.0. The third-order valence-electron chi connectivity index (χ3n) is 3.89. The number of amides is 1. The summed E-state index contributed by atoms with van der Waals surface area (Å²) in [5, 5.41) is 22.5. The van der Waals surface area contributed by atoms with Gasteiger partial charge in [-0.25, -0.2) is 4.79 Å². The highest BCUT2D eigenvalue weighted by Crippen LogP contribution is 2.33. The molecule has 1 aromatic heterocycles. The molecular weight excluding hydrogens is 338 g/mol. The standard InChI is InChI=1S/C19H17NO4S/c1-2-5-13-12-6-3-4-7-16(12)25-17(13)18(22)20-11-8-9-15(21)14(10-11)19(23)24/h3-4,6-10,21H,2,5H2,1H3,(H,20,22)(H,23,24). The average Bonchev–Trinajstić information content (AvgIpc) is 2.96. The highest BCUT2D eigenvalue weighted by atomic mass is 32.1. The van der Waals surface area contributed by atoms with Crippen molar-refractivity contribution in [3.8, 4) is 5.75 Å². The van der Waals surface area contributed by atoms with E-state index in [0.717, 1.165) is 28.5 Å². The molecule has 1 heterocycles. The molecule has 3 rings (SSSR count). The number of rotatable bonds is 5. The summed E-state index contributed by atoms with van der Waals surface area (Å²) in [5.41, 5.74) is 1.10. The normalized spacial score (nSPS) is 10.8. The Balaban J connectivity index is 1.96. The van der Waals surface area contributed by atoms with E-state index in [-0.39, 0.29) is 17.2 Å². The number of hydrogen-bond donors (Lipinski definition) is 3. The lowest BCUT2D eigenvalue weighted by molar-refractivity contribution is 0.0693. The number of hydrogen-bond acceptors (Lipinski definition) is 4. The summed E-state index contributed by atoms with van der Waals surface area (Å²) in [7, 11) is 0. The molecule has 1 amide bonds. The molecule has 3 N–H and O–H groups in total. The molecule has 128 valence electrons. The number of benzene rings is 2. The molecular formula is C19H17NO4S. The Morgan fingerprint density at radius 2 is 1.92 bits per heavy atom. The van der Waals surface area contributed by atoms with Crippen LogP contribution in [0.15, 0.2) is 42.5 Å². The van der Waals surface area contributed by atoms with Crippen molar-refractivity contribution >= 4 is 39.0 Å². The molecule has 0 fully saturated rings. The van der Waals surface area contributed by atoms with E-state index in [0.29, 0.717) is 10.6 Å². The Labute approximate surface area is 148 Å². The van der Waals surface area contributed by atoms with Gasteiger partial charge in [-0.2, -0.15) is 0 Å². The summed E-state index contributed by atoms with van der Waals surface area (Å²) in [6.45, 7) is 2.06. The highest BCUT2D eigenvalue weighted by Gasteiger charge is 2.19. The number of anilines is 1. The monoisotopic (exact) mass is 355 g/mol. The first-order chi connectivity index (χ1) is 12.0. The fraction of sp³-hybridized carbons (Fsp3) is 0.158. The lowest BCUT2D eigenvalue weighted by Crippen LogP contribution is -2.12. The van der Waals surface area contributed by atoms with Crippen LogP contribution in [0, 0.1) is 0 Å². The number of aryl methyl sites for hydroxylation is 1. The van der Waals surface area contributed by atoms with Crippen LogP contribution in [0.5, 0.6) is 5.75 Å². The number of carboxylic acid groups (broad SMARTS) is 1. The molecule has 0 bridgehead atoms. The van der Waals surface area contributed by atoms with Crippen LogP contribution in [0.1, 0.15) is 38.9 Å². The summed E-state index contributed by atoms with van der Waals surface area (Å²) in [4.78, 5) is 24.5. The summed E-state index contributed by atoms with van der Waals surface area (Å²) < 4.78 is 1.05. The second kappa shape index (κ2) is 6.94. The fourth-order valence-electron chi connectivity index (χ4n) is 2.75. The third-order valence-corrected chi connectivity index (χ3v) is 5.10. The van der Waals surface area contributed by atoms with Crippen molar-refractivity contribution in [1.82, 2.24) is 0 Å². The van der Waals surface area contributed by atoms with Gasteiger partial charge in [0.2, 0.25) is 0 Å². The van der Waals surface area contributed by atoms with Gasteiger partial charge in [0.25, 0.3) is 5.91 Å². The van der Waals surface area contributed by atoms with Gasteiger partial charge in [0.1, 0.15) is 11.3 Å². The fourth-order valence-corrected chi connectivity index (χ4v) is 3.90. The van der Waals surface area contributed by atoms with Crippen LogP contribution in [0.3, 0.4) is 0 Å². The molecule has 0 saturated carbocycles. The van der Waals surface area contributed by atoms with Gasteiger partial charge in [0.05, 0.1) is 4.88 Å². The van der Waals surface area contributed by atoms with E-state index in [4.69, 9.17) is 5.11 Å². The topological polar surface area (TPSA) is 86.6 Å². The second-order valence-corrected chi connectivity index (χ2v) is 6.70. The number of phenols is 1. The first-order valence-corrected chi connectivity index (χ1v) is 8.71. The first kappa shape index (κ1) is 17.0. The summed E-state index contributed by atoms with van der Waals surface area (Å²) in [5.74, 6) is -1.85. The minimum atomic E-state index is -1.25. The van der Waals surface area contributed by atoms with Gasteiger partial charge < -0.3 is 15.5 Å². The van der Waals surface area contributed by atoms with Crippen molar-refractivity contribution < 1.29 is 19.8 Å². The molecule has 2 aromatic carbocycles. The Hall–Kier alpha value is -2.86. The summed E-state index contributed by atoms with van der Waals surface area (Å²) in [6, 6.07) is 11.9. The highest BCUT2D eigenvalue weighted by molar-refractivity contribution is 7.21. The van der Waals surface area contributed by atoms with Crippen molar-refractivity contribution in [3.63, 3.8) is 0 Å². The van der Waals surface area contributed by atoms with Crippen molar-refractivity contribution in [1.29, 1.82) is 0 Å². The lowest BCUT2D eigenvalue weighted by atomic mass is 10.1. The van der Waals surface area contributed by atoms with Crippen LogP contribution in [0.4, 0.5) is 5.69 Å². The average molecular weight is 355 g/mol. The van der Waals surface area contributed by atoms with E-state index in [9.17, 15) is 14.7 Å². The molecule has 0 aliphatic carbocycles. The molecule has 6 heteroatoms. The molecule has 0 spiro atoms. The van der Waals surface area contributed by atoms with E-state index in [1.807, 2.05) is 24.3 Å². The zero-order valence-corrected chi connectivity index (χ0v) is 14.4. The minimum absolute atomic E-state index is 0.247. The Morgan fingerprint density at radius 1 is 1.16 bits per heavy atom. The van der Waals surface area contributed by atoms with E-state index >= 15 is 0 Å². The van der Waals surface area contributed by atoms with Crippen LogP contribution in [-0.4, -0.2) is 22.1 Å². The van der Waals surface area contributed by atoms with Crippen LogP contribution in [0.2, 0.25) is 0 Å². The maximum Gasteiger partial charge on any atom is 0.339 e. The maximum absolute atomic E-state index is 12.7. The van der Waals surface area contributed by atoms with Gasteiger partial charge in [-0.1, -0.05) is 31.5 Å². The van der Waals surface area contributed by atoms with Gasteiger partial charge in [0.15, 0.2) is 0 Å². The van der Waals surface area contributed by atoms with Crippen LogP contribution >= 0.6 is 11.3 Å². The van der Waals surface area contributed by atoms with Crippen LogP contribution in [-0.2, 0) is 6.42 Å². The van der Waals surface area contributed by atoms with Crippen molar-refractivity contribution in [3.05, 3.63) is 58.5 Å². The Kier molecular flexibility index (Phi) is 4.72. The Bertz CT molecular complexity index is 961. The quantitative estimate of drug-likeness (QED) is 0.588.